The molecule has 0 aromatic heterocycles. The normalized spacial score (nSPS) is 12.7. The van der Waals surface area contributed by atoms with Gasteiger partial charge in [-0.2, -0.15) is 5.26 Å². The Morgan fingerprint density at radius 3 is 2.56 bits per heavy atom. The van der Waals surface area contributed by atoms with Gasteiger partial charge in [-0.3, -0.25) is 10.1 Å². The molecule has 130 valence electrons. The first kappa shape index (κ1) is 18.5. The highest BCUT2D eigenvalue weighted by Crippen LogP contribution is 2.21. The smallest absolute Gasteiger partial charge is 0.241 e. The first-order chi connectivity index (χ1) is 12.1. The van der Waals surface area contributed by atoms with Gasteiger partial charge in [0.05, 0.1) is 24.8 Å². The predicted octanol–water partition coefficient (Wildman–Crippen LogP) is 3.63. The zero-order chi connectivity index (χ0) is 18.2. The second kappa shape index (κ2) is 8.86. The molecule has 2 N–H and O–H groups in total. The van der Waals surface area contributed by atoms with Crippen LogP contribution in [0.15, 0.2) is 48.5 Å². The van der Waals surface area contributed by atoms with Crippen LogP contribution in [0.25, 0.3) is 0 Å². The Bertz CT molecular complexity index is 750. The molecule has 2 aromatic carbocycles. The largest absolute Gasteiger partial charge is 0.497 e. The maximum atomic E-state index is 12.4. The molecule has 0 heterocycles. The molecule has 0 aliphatic carbocycles. The molecule has 1 amide bonds. The fourth-order valence-corrected chi connectivity index (χ4v) is 2.58. The van der Waals surface area contributed by atoms with Crippen LogP contribution in [0.2, 0.25) is 0 Å². The van der Waals surface area contributed by atoms with Crippen molar-refractivity contribution in [3.05, 3.63) is 59.7 Å². The standard InChI is InChI=1S/C20H23N3O2/c1-4-19(16-8-10-18(25-3)11-9-16)22-14(2)20(24)23-17-7-5-6-15(12-17)13-21/h5-12,14,19,22H,4H2,1-3H3,(H,23,24)/t14-,19-/m0/s1. The summed E-state index contributed by atoms with van der Waals surface area (Å²) in [5, 5.41) is 15.1. The van der Waals surface area contributed by atoms with Crippen LogP contribution in [0, 0.1) is 11.3 Å². The summed E-state index contributed by atoms with van der Waals surface area (Å²) in [7, 11) is 1.64. The SMILES string of the molecule is CC[C@H](N[C@@H](C)C(=O)Nc1cccc(C#N)c1)c1ccc(OC)cc1. The lowest BCUT2D eigenvalue weighted by Gasteiger charge is -2.22. The summed E-state index contributed by atoms with van der Waals surface area (Å²) in [6, 6.07) is 16.5. The Morgan fingerprint density at radius 2 is 1.96 bits per heavy atom. The van der Waals surface area contributed by atoms with Gasteiger partial charge in [0.2, 0.25) is 5.91 Å². The monoisotopic (exact) mass is 337 g/mol. The van der Waals surface area contributed by atoms with Crippen molar-refractivity contribution in [3.8, 4) is 11.8 Å². The minimum Gasteiger partial charge on any atom is -0.497 e. The molecule has 5 heteroatoms. The summed E-state index contributed by atoms with van der Waals surface area (Å²) in [5.74, 6) is 0.670. The van der Waals surface area contributed by atoms with Crippen LogP contribution in [0.4, 0.5) is 5.69 Å². The van der Waals surface area contributed by atoms with Gasteiger partial charge in [0.15, 0.2) is 0 Å². The molecule has 2 aromatic rings. The van der Waals surface area contributed by atoms with Gasteiger partial charge < -0.3 is 10.1 Å². The molecule has 0 saturated carbocycles. The summed E-state index contributed by atoms with van der Waals surface area (Å²) in [5.41, 5.74) is 2.24. The number of nitriles is 1. The fraction of sp³-hybridized carbons (Fsp3) is 0.300. The molecular weight excluding hydrogens is 314 g/mol. The highest BCUT2D eigenvalue weighted by molar-refractivity contribution is 5.94. The van der Waals surface area contributed by atoms with E-state index >= 15 is 0 Å². The molecular formula is C20H23N3O2. The minimum absolute atomic E-state index is 0.0668. The number of nitrogens with zero attached hydrogens (tertiary/aromatic N) is 1. The second-order valence-corrected chi connectivity index (χ2v) is 5.80. The van der Waals surface area contributed by atoms with E-state index in [1.807, 2.05) is 31.2 Å². The first-order valence-corrected chi connectivity index (χ1v) is 8.28. The van der Waals surface area contributed by atoms with E-state index in [2.05, 4.69) is 23.6 Å². The molecule has 0 aliphatic rings. The van der Waals surface area contributed by atoms with Crippen molar-refractivity contribution < 1.29 is 9.53 Å². The molecule has 0 bridgehead atoms. The van der Waals surface area contributed by atoms with E-state index in [1.165, 1.54) is 0 Å². The number of hydrogen-bond donors (Lipinski definition) is 2. The van der Waals surface area contributed by atoms with E-state index in [4.69, 9.17) is 10.00 Å². The number of ether oxygens (including phenoxy) is 1. The van der Waals surface area contributed by atoms with Crippen LogP contribution in [0.3, 0.4) is 0 Å². The highest BCUT2D eigenvalue weighted by Gasteiger charge is 2.18. The van der Waals surface area contributed by atoms with Gasteiger partial charge in [0.25, 0.3) is 0 Å². The van der Waals surface area contributed by atoms with Crippen LogP contribution in [0.5, 0.6) is 5.75 Å². The number of amides is 1. The first-order valence-electron chi connectivity index (χ1n) is 8.28. The zero-order valence-electron chi connectivity index (χ0n) is 14.7. The van der Waals surface area contributed by atoms with Crippen molar-refractivity contribution in [2.24, 2.45) is 0 Å². The number of nitrogens with one attached hydrogen (secondary N) is 2. The van der Waals surface area contributed by atoms with E-state index < -0.39 is 0 Å². The lowest BCUT2D eigenvalue weighted by atomic mass is 10.0. The number of methoxy groups -OCH3 is 1. The van der Waals surface area contributed by atoms with Gasteiger partial charge in [0.1, 0.15) is 5.75 Å². The van der Waals surface area contributed by atoms with Gasteiger partial charge >= 0.3 is 0 Å². The third-order valence-electron chi connectivity index (χ3n) is 4.03. The van der Waals surface area contributed by atoms with E-state index in [0.29, 0.717) is 11.3 Å². The summed E-state index contributed by atoms with van der Waals surface area (Å²) >= 11 is 0. The summed E-state index contributed by atoms with van der Waals surface area (Å²) < 4.78 is 5.18. The van der Waals surface area contributed by atoms with Gasteiger partial charge in [-0.15, -0.1) is 0 Å². The van der Waals surface area contributed by atoms with Crippen molar-refractivity contribution in [3.63, 3.8) is 0 Å². The van der Waals surface area contributed by atoms with Gasteiger partial charge in [0, 0.05) is 11.7 Å². The Hall–Kier alpha value is -2.84. The van der Waals surface area contributed by atoms with Crippen molar-refractivity contribution >= 4 is 11.6 Å². The molecule has 2 rings (SSSR count). The maximum absolute atomic E-state index is 12.4. The number of rotatable bonds is 7. The Balaban J connectivity index is 2.01. The Kier molecular flexibility index (Phi) is 6.55. The highest BCUT2D eigenvalue weighted by atomic mass is 16.5. The van der Waals surface area contributed by atoms with Crippen LogP contribution in [0.1, 0.15) is 37.4 Å². The molecule has 0 radical (unpaired) electrons. The van der Waals surface area contributed by atoms with E-state index in [1.54, 1.807) is 31.4 Å². The third-order valence-corrected chi connectivity index (χ3v) is 4.03. The molecule has 25 heavy (non-hydrogen) atoms. The van der Waals surface area contributed by atoms with Gasteiger partial charge in [-0.25, -0.2) is 0 Å². The molecule has 0 unspecified atom stereocenters. The Morgan fingerprint density at radius 1 is 1.24 bits per heavy atom. The van der Waals surface area contributed by atoms with E-state index in [0.717, 1.165) is 17.7 Å². The van der Waals surface area contributed by atoms with E-state index in [-0.39, 0.29) is 18.0 Å². The fourth-order valence-electron chi connectivity index (χ4n) is 2.58. The number of carbonyl (C=O) groups excluding carboxylic acids is 1. The van der Waals surface area contributed by atoms with Gasteiger partial charge in [-0.1, -0.05) is 25.1 Å². The number of anilines is 1. The molecule has 0 saturated heterocycles. The topological polar surface area (TPSA) is 74.2 Å². The maximum Gasteiger partial charge on any atom is 0.241 e. The lowest BCUT2D eigenvalue weighted by molar-refractivity contribution is -0.118. The van der Waals surface area contributed by atoms with Crippen molar-refractivity contribution in [2.45, 2.75) is 32.4 Å². The number of benzene rings is 2. The Labute approximate surface area is 148 Å². The second-order valence-electron chi connectivity index (χ2n) is 5.80. The van der Waals surface area contributed by atoms with Crippen LogP contribution in [-0.4, -0.2) is 19.1 Å². The summed E-state index contributed by atoms with van der Waals surface area (Å²) in [6.45, 7) is 3.90. The molecule has 0 aliphatic heterocycles. The number of carbonyl (C=O) groups is 1. The van der Waals surface area contributed by atoms with Crippen LogP contribution in [-0.2, 0) is 4.79 Å². The minimum atomic E-state index is -0.377. The van der Waals surface area contributed by atoms with Crippen LogP contribution >= 0.6 is 0 Å². The molecule has 5 nitrogen and oxygen atoms in total. The quantitative estimate of drug-likeness (QED) is 0.809. The predicted molar refractivity (Wildman–Crippen MR) is 98.4 cm³/mol. The van der Waals surface area contributed by atoms with Crippen molar-refractivity contribution in [1.29, 1.82) is 5.26 Å². The molecule has 0 fully saturated rings. The summed E-state index contributed by atoms with van der Waals surface area (Å²) in [6.07, 6.45) is 0.855. The van der Waals surface area contributed by atoms with E-state index in [9.17, 15) is 4.79 Å². The average Bonchev–Trinajstić information content (AvgIpc) is 2.66. The van der Waals surface area contributed by atoms with Crippen molar-refractivity contribution in [1.82, 2.24) is 5.32 Å². The van der Waals surface area contributed by atoms with Gasteiger partial charge in [-0.05, 0) is 49.2 Å². The molecule has 2 atom stereocenters. The average molecular weight is 337 g/mol. The molecule has 0 spiro atoms. The summed E-state index contributed by atoms with van der Waals surface area (Å²) in [4.78, 5) is 12.4. The third kappa shape index (κ3) is 5.07. The zero-order valence-corrected chi connectivity index (χ0v) is 14.7. The lowest BCUT2D eigenvalue weighted by Crippen LogP contribution is -2.40. The number of hydrogen-bond acceptors (Lipinski definition) is 4. The van der Waals surface area contributed by atoms with Crippen molar-refractivity contribution in [2.75, 3.05) is 12.4 Å². The van der Waals surface area contributed by atoms with Crippen LogP contribution < -0.4 is 15.4 Å².